The van der Waals surface area contributed by atoms with E-state index in [9.17, 15) is 4.79 Å². The first kappa shape index (κ1) is 7.35. The second kappa shape index (κ2) is 2.63. The molecule has 0 aliphatic carbocycles. The average Bonchev–Trinajstić information content (AvgIpc) is 2.47. The van der Waals surface area contributed by atoms with Crippen LogP contribution >= 0.6 is 0 Å². The number of rotatable bonds is 1. The molecule has 0 radical (unpaired) electrons. The lowest BCUT2D eigenvalue weighted by atomic mass is 10.0. The number of fused-ring (bicyclic) bond motifs is 1. The zero-order chi connectivity index (χ0) is 8.55. The van der Waals surface area contributed by atoms with Crippen molar-refractivity contribution >= 4 is 5.97 Å². The number of hydrogen-bond acceptors (Lipinski definition) is 2. The molecule has 2 heteroatoms. The maximum absolute atomic E-state index is 11.0. The number of benzene rings is 1. The molecular formula is C10H10O2. The lowest BCUT2D eigenvalue weighted by Gasteiger charge is -1.97. The van der Waals surface area contributed by atoms with Gasteiger partial charge in [0.25, 0.3) is 0 Å². The highest BCUT2D eigenvalue weighted by Crippen LogP contribution is 2.20. The summed E-state index contributed by atoms with van der Waals surface area (Å²) in [5.74, 6) is -0.187. The zero-order valence-electron chi connectivity index (χ0n) is 6.96. The quantitative estimate of drug-likeness (QED) is 0.590. The van der Waals surface area contributed by atoms with E-state index in [0.717, 1.165) is 17.5 Å². The Morgan fingerprint density at radius 1 is 1.50 bits per heavy atom. The van der Waals surface area contributed by atoms with E-state index in [2.05, 4.69) is 6.92 Å². The summed E-state index contributed by atoms with van der Waals surface area (Å²) in [7, 11) is 0. The molecule has 0 aromatic heterocycles. The van der Waals surface area contributed by atoms with E-state index in [4.69, 9.17) is 4.74 Å². The first-order valence-corrected chi connectivity index (χ1v) is 4.10. The number of carbonyl (C=O) groups is 1. The highest BCUT2D eigenvalue weighted by Gasteiger charge is 2.20. The van der Waals surface area contributed by atoms with Gasteiger partial charge in [0, 0.05) is 5.56 Å². The molecule has 12 heavy (non-hydrogen) atoms. The van der Waals surface area contributed by atoms with Gasteiger partial charge in [-0.25, -0.2) is 4.79 Å². The van der Waals surface area contributed by atoms with Crippen LogP contribution in [0.25, 0.3) is 0 Å². The molecule has 2 rings (SSSR count). The maximum atomic E-state index is 11.0. The standard InChI is InChI=1S/C10H10O2/c1-2-7-3-4-9-8(5-7)6-12-10(9)11/h3-5H,2,6H2,1H3. The Bertz CT molecular complexity index is 329. The fourth-order valence-corrected chi connectivity index (χ4v) is 1.41. The Morgan fingerprint density at radius 3 is 3.08 bits per heavy atom. The number of carbonyl (C=O) groups excluding carboxylic acids is 1. The lowest BCUT2D eigenvalue weighted by molar-refractivity contribution is 0.0535. The summed E-state index contributed by atoms with van der Waals surface area (Å²) in [5, 5.41) is 0. The van der Waals surface area contributed by atoms with Gasteiger partial charge in [-0.2, -0.15) is 0 Å². The average molecular weight is 162 g/mol. The predicted octanol–water partition coefficient (Wildman–Crippen LogP) is 1.92. The van der Waals surface area contributed by atoms with Gasteiger partial charge in [0.15, 0.2) is 0 Å². The van der Waals surface area contributed by atoms with Crippen LogP contribution in [0, 0.1) is 0 Å². The second-order valence-electron chi connectivity index (χ2n) is 2.92. The van der Waals surface area contributed by atoms with E-state index in [1.165, 1.54) is 5.56 Å². The minimum absolute atomic E-state index is 0.187. The predicted molar refractivity (Wildman–Crippen MR) is 44.9 cm³/mol. The van der Waals surface area contributed by atoms with Gasteiger partial charge in [-0.15, -0.1) is 0 Å². The van der Waals surface area contributed by atoms with Crippen molar-refractivity contribution in [3.05, 3.63) is 34.9 Å². The van der Waals surface area contributed by atoms with E-state index in [1.54, 1.807) is 0 Å². The molecule has 0 saturated carbocycles. The molecule has 1 aromatic carbocycles. The Balaban J connectivity index is 2.48. The van der Waals surface area contributed by atoms with Crippen LogP contribution in [0.4, 0.5) is 0 Å². The number of cyclic esters (lactones) is 1. The van der Waals surface area contributed by atoms with Crippen molar-refractivity contribution in [2.75, 3.05) is 0 Å². The van der Waals surface area contributed by atoms with Crippen LogP contribution in [-0.2, 0) is 17.8 Å². The van der Waals surface area contributed by atoms with Gasteiger partial charge in [0.1, 0.15) is 6.61 Å². The third-order valence-electron chi connectivity index (χ3n) is 2.16. The molecule has 62 valence electrons. The maximum Gasteiger partial charge on any atom is 0.338 e. The Hall–Kier alpha value is -1.31. The minimum Gasteiger partial charge on any atom is -0.457 e. The molecule has 0 bridgehead atoms. The van der Waals surface area contributed by atoms with Crippen molar-refractivity contribution in [2.24, 2.45) is 0 Å². The highest BCUT2D eigenvalue weighted by molar-refractivity contribution is 5.93. The Kier molecular flexibility index (Phi) is 1.61. The molecule has 2 nitrogen and oxygen atoms in total. The van der Waals surface area contributed by atoms with Gasteiger partial charge in [-0.1, -0.05) is 19.1 Å². The van der Waals surface area contributed by atoms with Crippen LogP contribution < -0.4 is 0 Å². The first-order valence-electron chi connectivity index (χ1n) is 4.10. The molecule has 0 saturated heterocycles. The number of hydrogen-bond donors (Lipinski definition) is 0. The van der Waals surface area contributed by atoms with E-state index >= 15 is 0 Å². The molecule has 1 aromatic rings. The van der Waals surface area contributed by atoms with E-state index < -0.39 is 0 Å². The molecule has 1 aliphatic heterocycles. The van der Waals surface area contributed by atoms with Crippen molar-refractivity contribution in [1.82, 2.24) is 0 Å². The Labute approximate surface area is 71.2 Å². The van der Waals surface area contributed by atoms with Gasteiger partial charge < -0.3 is 4.74 Å². The van der Waals surface area contributed by atoms with E-state index in [-0.39, 0.29) is 5.97 Å². The fraction of sp³-hybridized carbons (Fsp3) is 0.300. The monoisotopic (exact) mass is 162 g/mol. The van der Waals surface area contributed by atoms with Gasteiger partial charge in [0.05, 0.1) is 5.56 Å². The molecule has 0 N–H and O–H groups in total. The van der Waals surface area contributed by atoms with Gasteiger partial charge in [-0.05, 0) is 18.1 Å². The number of esters is 1. The smallest absolute Gasteiger partial charge is 0.338 e. The molecule has 1 heterocycles. The molecule has 1 aliphatic rings. The molecule has 0 fully saturated rings. The largest absolute Gasteiger partial charge is 0.457 e. The lowest BCUT2D eigenvalue weighted by Crippen LogP contribution is -1.93. The summed E-state index contributed by atoms with van der Waals surface area (Å²) in [5.41, 5.74) is 3.01. The third kappa shape index (κ3) is 0.998. The van der Waals surface area contributed by atoms with Crippen molar-refractivity contribution in [1.29, 1.82) is 0 Å². The third-order valence-corrected chi connectivity index (χ3v) is 2.16. The summed E-state index contributed by atoms with van der Waals surface area (Å²) in [6.07, 6.45) is 1.00. The van der Waals surface area contributed by atoms with Crippen LogP contribution in [-0.4, -0.2) is 5.97 Å². The molecule has 0 amide bonds. The number of ether oxygens (including phenoxy) is 1. The van der Waals surface area contributed by atoms with Crippen LogP contribution in [0.15, 0.2) is 18.2 Å². The SMILES string of the molecule is CCc1ccc2c(c1)COC2=O. The van der Waals surface area contributed by atoms with Crippen molar-refractivity contribution in [2.45, 2.75) is 20.0 Å². The normalized spacial score (nSPS) is 14.2. The summed E-state index contributed by atoms with van der Waals surface area (Å²) in [4.78, 5) is 11.0. The van der Waals surface area contributed by atoms with Gasteiger partial charge in [0.2, 0.25) is 0 Å². The highest BCUT2D eigenvalue weighted by atomic mass is 16.5. The minimum atomic E-state index is -0.187. The topological polar surface area (TPSA) is 26.3 Å². The van der Waals surface area contributed by atoms with E-state index in [0.29, 0.717) is 6.61 Å². The molecule has 0 atom stereocenters. The van der Waals surface area contributed by atoms with E-state index in [1.807, 2.05) is 18.2 Å². The van der Waals surface area contributed by atoms with Crippen molar-refractivity contribution in [3.8, 4) is 0 Å². The summed E-state index contributed by atoms with van der Waals surface area (Å²) in [6.45, 7) is 2.54. The van der Waals surface area contributed by atoms with Crippen LogP contribution in [0.1, 0.15) is 28.4 Å². The summed E-state index contributed by atoms with van der Waals surface area (Å²) < 4.78 is 4.88. The molecule has 0 spiro atoms. The molecule has 0 unspecified atom stereocenters. The van der Waals surface area contributed by atoms with Crippen molar-refractivity contribution < 1.29 is 9.53 Å². The molecular weight excluding hydrogens is 152 g/mol. The van der Waals surface area contributed by atoms with Crippen LogP contribution in [0.5, 0.6) is 0 Å². The van der Waals surface area contributed by atoms with Gasteiger partial charge in [-0.3, -0.25) is 0 Å². The zero-order valence-corrected chi connectivity index (χ0v) is 6.96. The number of aryl methyl sites for hydroxylation is 1. The first-order chi connectivity index (χ1) is 5.81. The van der Waals surface area contributed by atoms with Gasteiger partial charge >= 0.3 is 5.97 Å². The van der Waals surface area contributed by atoms with Crippen molar-refractivity contribution in [3.63, 3.8) is 0 Å². The van der Waals surface area contributed by atoms with Crippen LogP contribution in [0.2, 0.25) is 0 Å². The summed E-state index contributed by atoms with van der Waals surface area (Å²) in [6, 6.07) is 5.87. The fourth-order valence-electron chi connectivity index (χ4n) is 1.41. The Morgan fingerprint density at radius 2 is 2.33 bits per heavy atom. The second-order valence-corrected chi connectivity index (χ2v) is 2.92. The van der Waals surface area contributed by atoms with Crippen LogP contribution in [0.3, 0.4) is 0 Å². The summed E-state index contributed by atoms with van der Waals surface area (Å²) >= 11 is 0.